The van der Waals surface area contributed by atoms with Crippen molar-refractivity contribution in [3.05, 3.63) is 46.5 Å². The fourth-order valence-corrected chi connectivity index (χ4v) is 1.86. The summed E-state index contributed by atoms with van der Waals surface area (Å²) in [6.07, 6.45) is 3.47. The summed E-state index contributed by atoms with van der Waals surface area (Å²) in [6, 6.07) is 7.08. The molecule has 1 heteroatoms. The molecule has 0 aliphatic heterocycles. The number of aryl methyl sites for hydroxylation is 2. The molecule has 0 aromatic heterocycles. The van der Waals surface area contributed by atoms with Gasteiger partial charge in [-0.15, -0.1) is 0 Å². The van der Waals surface area contributed by atoms with E-state index in [9.17, 15) is 0 Å². The Morgan fingerprint density at radius 1 is 1.24 bits per heavy atom. The van der Waals surface area contributed by atoms with Crippen molar-refractivity contribution < 1.29 is 0 Å². The highest BCUT2D eigenvalue weighted by Gasteiger charge is 2.08. The van der Waals surface area contributed by atoms with Crippen molar-refractivity contribution in [1.29, 1.82) is 0 Å². The summed E-state index contributed by atoms with van der Waals surface area (Å²) in [5, 5.41) is 3.59. The molecule has 17 heavy (non-hydrogen) atoms. The maximum Gasteiger partial charge on any atom is 0.0508 e. The van der Waals surface area contributed by atoms with Crippen LogP contribution in [-0.2, 0) is 0 Å². The predicted molar refractivity (Wildman–Crippen MR) is 76.4 cm³/mol. The van der Waals surface area contributed by atoms with Crippen LogP contribution >= 0.6 is 0 Å². The second-order valence-corrected chi connectivity index (χ2v) is 5.02. The molecule has 1 N–H and O–H groups in total. The Hall–Kier alpha value is -1.08. The third-order valence-corrected chi connectivity index (χ3v) is 3.00. The minimum Gasteiger partial charge on any atom is -0.307 e. The number of benzene rings is 1. The summed E-state index contributed by atoms with van der Waals surface area (Å²) in [5.74, 6) is 0. The molecule has 0 saturated carbocycles. The molecule has 1 atom stereocenters. The lowest BCUT2D eigenvalue weighted by atomic mass is 9.99. The number of hydrogen-bond donors (Lipinski definition) is 1. The van der Waals surface area contributed by atoms with Gasteiger partial charge in [0.15, 0.2) is 0 Å². The van der Waals surface area contributed by atoms with E-state index in [0.29, 0.717) is 6.04 Å². The van der Waals surface area contributed by atoms with Gasteiger partial charge in [0.25, 0.3) is 0 Å². The van der Waals surface area contributed by atoms with Crippen LogP contribution in [0.1, 0.15) is 49.9 Å². The van der Waals surface area contributed by atoms with Crippen molar-refractivity contribution in [3.63, 3.8) is 0 Å². The average molecular weight is 231 g/mol. The first-order chi connectivity index (χ1) is 8.04. The Bertz CT molecular complexity index is 387. The largest absolute Gasteiger partial charge is 0.307 e. The summed E-state index contributed by atoms with van der Waals surface area (Å²) in [6.45, 7) is 11.9. The molecule has 0 aliphatic carbocycles. The first-order valence-corrected chi connectivity index (χ1v) is 6.50. The van der Waals surface area contributed by atoms with Gasteiger partial charge in [-0.1, -0.05) is 36.8 Å². The molecule has 0 heterocycles. The molecule has 0 fully saturated rings. The monoisotopic (exact) mass is 231 g/mol. The Labute approximate surface area is 106 Å². The van der Waals surface area contributed by atoms with Crippen LogP contribution in [0.4, 0.5) is 0 Å². The molecule has 0 bridgehead atoms. The molecule has 0 radical (unpaired) electrons. The van der Waals surface area contributed by atoms with Crippen molar-refractivity contribution in [3.8, 4) is 0 Å². The molecule has 94 valence electrons. The number of hydrogen-bond acceptors (Lipinski definition) is 1. The summed E-state index contributed by atoms with van der Waals surface area (Å²) >= 11 is 0. The smallest absolute Gasteiger partial charge is 0.0508 e. The van der Waals surface area contributed by atoms with E-state index in [0.717, 1.165) is 13.0 Å². The molecule has 1 nitrogen and oxygen atoms in total. The third-order valence-electron chi connectivity index (χ3n) is 3.00. The molecule has 1 unspecified atom stereocenters. The molecular formula is C16H25N. The fourth-order valence-electron chi connectivity index (χ4n) is 1.86. The number of nitrogens with one attached hydrogen (secondary N) is 1. The average Bonchev–Trinajstić information content (AvgIpc) is 2.27. The molecule has 0 spiro atoms. The van der Waals surface area contributed by atoms with Crippen molar-refractivity contribution in [1.82, 2.24) is 5.32 Å². The highest BCUT2D eigenvalue weighted by molar-refractivity contribution is 5.33. The van der Waals surface area contributed by atoms with E-state index in [1.54, 1.807) is 0 Å². The van der Waals surface area contributed by atoms with Gasteiger partial charge in [0.2, 0.25) is 0 Å². The second kappa shape index (κ2) is 6.61. The topological polar surface area (TPSA) is 12.0 Å². The maximum absolute atomic E-state index is 3.59. The van der Waals surface area contributed by atoms with Crippen LogP contribution in [-0.4, -0.2) is 6.54 Å². The summed E-state index contributed by atoms with van der Waals surface area (Å²) in [5.41, 5.74) is 5.45. The molecular weight excluding hydrogens is 206 g/mol. The third kappa shape index (κ3) is 4.35. The standard InChI is InChI=1S/C16H25N/c1-6-9-17-16(10-12(2)3)15-8-7-13(4)14(5)11-15/h7-8,10-11,16-17H,6,9H2,1-5H3. The zero-order valence-corrected chi connectivity index (χ0v) is 11.8. The summed E-state index contributed by atoms with van der Waals surface area (Å²) < 4.78 is 0. The van der Waals surface area contributed by atoms with E-state index >= 15 is 0 Å². The zero-order valence-electron chi connectivity index (χ0n) is 11.8. The van der Waals surface area contributed by atoms with Gasteiger partial charge < -0.3 is 5.32 Å². The minimum atomic E-state index is 0.347. The van der Waals surface area contributed by atoms with Crippen LogP contribution in [0.3, 0.4) is 0 Å². The van der Waals surface area contributed by atoms with E-state index in [-0.39, 0.29) is 0 Å². The highest BCUT2D eigenvalue weighted by atomic mass is 14.9. The fraction of sp³-hybridized carbons (Fsp3) is 0.500. The lowest BCUT2D eigenvalue weighted by Gasteiger charge is -2.17. The first-order valence-electron chi connectivity index (χ1n) is 6.50. The van der Waals surface area contributed by atoms with Gasteiger partial charge in [0.05, 0.1) is 6.04 Å². The second-order valence-electron chi connectivity index (χ2n) is 5.02. The van der Waals surface area contributed by atoms with E-state index in [2.05, 4.69) is 64.2 Å². The molecule has 1 aromatic rings. The molecule has 1 aromatic carbocycles. The Balaban J connectivity index is 2.95. The Morgan fingerprint density at radius 3 is 2.47 bits per heavy atom. The SMILES string of the molecule is CCCNC(C=C(C)C)c1ccc(C)c(C)c1. The Kier molecular flexibility index (Phi) is 5.43. The minimum absolute atomic E-state index is 0.347. The molecule has 0 aliphatic rings. The van der Waals surface area contributed by atoms with Crippen molar-refractivity contribution >= 4 is 0 Å². The van der Waals surface area contributed by atoms with E-state index in [1.807, 2.05) is 0 Å². The maximum atomic E-state index is 3.59. The Morgan fingerprint density at radius 2 is 1.94 bits per heavy atom. The van der Waals surface area contributed by atoms with Gasteiger partial charge in [0, 0.05) is 0 Å². The normalized spacial score (nSPS) is 12.3. The van der Waals surface area contributed by atoms with Crippen LogP contribution in [0.15, 0.2) is 29.8 Å². The highest BCUT2D eigenvalue weighted by Crippen LogP contribution is 2.19. The van der Waals surface area contributed by atoms with Gasteiger partial charge in [-0.3, -0.25) is 0 Å². The summed E-state index contributed by atoms with van der Waals surface area (Å²) in [7, 11) is 0. The molecule has 1 rings (SSSR count). The van der Waals surface area contributed by atoms with Crippen LogP contribution in [0.2, 0.25) is 0 Å². The van der Waals surface area contributed by atoms with Crippen molar-refractivity contribution in [2.45, 2.75) is 47.1 Å². The molecule has 0 saturated heterocycles. The lowest BCUT2D eigenvalue weighted by Crippen LogP contribution is -2.20. The predicted octanol–water partition coefficient (Wildman–Crippen LogP) is 4.31. The first kappa shape index (κ1) is 14.0. The van der Waals surface area contributed by atoms with E-state index in [4.69, 9.17) is 0 Å². The van der Waals surface area contributed by atoms with Gasteiger partial charge in [0.1, 0.15) is 0 Å². The van der Waals surface area contributed by atoms with Crippen molar-refractivity contribution in [2.75, 3.05) is 6.54 Å². The van der Waals surface area contributed by atoms with E-state index < -0.39 is 0 Å². The molecule has 0 amide bonds. The van der Waals surface area contributed by atoms with Crippen LogP contribution in [0, 0.1) is 13.8 Å². The quantitative estimate of drug-likeness (QED) is 0.745. The van der Waals surface area contributed by atoms with Gasteiger partial charge in [-0.05, 0) is 57.4 Å². The van der Waals surface area contributed by atoms with Crippen molar-refractivity contribution in [2.24, 2.45) is 0 Å². The van der Waals surface area contributed by atoms with Gasteiger partial charge >= 0.3 is 0 Å². The van der Waals surface area contributed by atoms with Gasteiger partial charge in [-0.25, -0.2) is 0 Å². The zero-order chi connectivity index (χ0) is 12.8. The number of rotatable bonds is 5. The number of allylic oxidation sites excluding steroid dienone is 1. The lowest BCUT2D eigenvalue weighted by molar-refractivity contribution is 0.610. The van der Waals surface area contributed by atoms with Crippen LogP contribution in [0.5, 0.6) is 0 Å². The van der Waals surface area contributed by atoms with Crippen LogP contribution < -0.4 is 5.32 Å². The van der Waals surface area contributed by atoms with Crippen LogP contribution in [0.25, 0.3) is 0 Å². The van der Waals surface area contributed by atoms with Gasteiger partial charge in [-0.2, -0.15) is 0 Å². The van der Waals surface area contributed by atoms with E-state index in [1.165, 1.54) is 22.3 Å². The summed E-state index contributed by atoms with van der Waals surface area (Å²) in [4.78, 5) is 0.